The maximum Gasteiger partial charge on any atom is 0.121 e. The second-order valence-electron chi connectivity index (χ2n) is 7.04. The number of imidazole rings is 1. The predicted molar refractivity (Wildman–Crippen MR) is 91.5 cm³/mol. The lowest BCUT2D eigenvalue weighted by Crippen LogP contribution is -2.22. The number of benzene rings is 1. The van der Waals surface area contributed by atoms with Crippen LogP contribution in [0, 0.1) is 5.92 Å². The first-order valence-electron chi connectivity index (χ1n) is 8.77. The van der Waals surface area contributed by atoms with Crippen molar-refractivity contribution in [3.63, 3.8) is 0 Å². The van der Waals surface area contributed by atoms with Gasteiger partial charge in [0.15, 0.2) is 0 Å². The van der Waals surface area contributed by atoms with Crippen molar-refractivity contribution in [2.45, 2.75) is 64.7 Å². The Bertz CT molecular complexity index is 629. The topological polar surface area (TPSA) is 37.9 Å². The van der Waals surface area contributed by atoms with Gasteiger partial charge in [0, 0.05) is 11.5 Å². The standard InChI is InChI=1S/C19H28N2O/c1-4-6-11-19(3,5-2)18-20-16-10-9-15(12-17(16)21-18)22-13-14-7-8-14/h9-10,12,14H,4-8,11,13H2,1-3H3,(H,20,21). The van der Waals surface area contributed by atoms with Gasteiger partial charge in [0.2, 0.25) is 0 Å². The van der Waals surface area contributed by atoms with Gasteiger partial charge in [-0.1, -0.05) is 33.6 Å². The first kappa shape index (κ1) is 15.4. The zero-order chi connectivity index (χ0) is 15.6. The van der Waals surface area contributed by atoms with E-state index in [2.05, 4.69) is 37.9 Å². The molecule has 1 N–H and O–H groups in total. The summed E-state index contributed by atoms with van der Waals surface area (Å²) in [5.41, 5.74) is 2.29. The molecule has 1 aliphatic rings. The first-order valence-corrected chi connectivity index (χ1v) is 8.77. The van der Waals surface area contributed by atoms with Crippen LogP contribution in [0.3, 0.4) is 0 Å². The molecular formula is C19H28N2O. The molecule has 3 nitrogen and oxygen atoms in total. The number of fused-ring (bicyclic) bond motifs is 1. The van der Waals surface area contributed by atoms with Gasteiger partial charge < -0.3 is 9.72 Å². The van der Waals surface area contributed by atoms with E-state index in [1.54, 1.807) is 0 Å². The van der Waals surface area contributed by atoms with Crippen LogP contribution < -0.4 is 4.74 Å². The average molecular weight is 300 g/mol. The normalized spacial score (nSPS) is 17.6. The summed E-state index contributed by atoms with van der Waals surface area (Å²) in [5.74, 6) is 2.87. The van der Waals surface area contributed by atoms with Crippen LogP contribution in [0.5, 0.6) is 5.75 Å². The van der Waals surface area contributed by atoms with E-state index in [-0.39, 0.29) is 5.41 Å². The van der Waals surface area contributed by atoms with Gasteiger partial charge in [-0.05, 0) is 43.7 Å². The molecule has 1 aliphatic carbocycles. The Hall–Kier alpha value is -1.51. The van der Waals surface area contributed by atoms with Crippen LogP contribution >= 0.6 is 0 Å². The Kier molecular flexibility index (Phi) is 4.42. The summed E-state index contributed by atoms with van der Waals surface area (Å²) in [4.78, 5) is 8.39. The third-order valence-corrected chi connectivity index (χ3v) is 5.07. The van der Waals surface area contributed by atoms with Crippen molar-refractivity contribution in [2.75, 3.05) is 6.61 Å². The van der Waals surface area contributed by atoms with E-state index in [1.165, 1.54) is 32.1 Å². The molecule has 120 valence electrons. The van der Waals surface area contributed by atoms with Gasteiger partial charge in [-0.2, -0.15) is 0 Å². The van der Waals surface area contributed by atoms with E-state index in [9.17, 15) is 0 Å². The highest BCUT2D eigenvalue weighted by molar-refractivity contribution is 5.77. The van der Waals surface area contributed by atoms with Crippen LogP contribution in [0.25, 0.3) is 11.0 Å². The third kappa shape index (κ3) is 3.29. The average Bonchev–Trinajstić information content (AvgIpc) is 3.27. The minimum Gasteiger partial charge on any atom is -0.493 e. The van der Waals surface area contributed by atoms with Crippen LogP contribution in [0.1, 0.15) is 65.1 Å². The molecule has 1 fully saturated rings. The Morgan fingerprint density at radius 3 is 2.82 bits per heavy atom. The zero-order valence-corrected chi connectivity index (χ0v) is 14.1. The number of H-pyrrole nitrogens is 1. The van der Waals surface area contributed by atoms with Gasteiger partial charge in [0.25, 0.3) is 0 Å². The van der Waals surface area contributed by atoms with Gasteiger partial charge in [0.05, 0.1) is 17.6 Å². The molecule has 1 atom stereocenters. The molecule has 3 rings (SSSR count). The fraction of sp³-hybridized carbons (Fsp3) is 0.632. The third-order valence-electron chi connectivity index (χ3n) is 5.07. The highest BCUT2D eigenvalue weighted by atomic mass is 16.5. The minimum absolute atomic E-state index is 0.143. The summed E-state index contributed by atoms with van der Waals surface area (Å²) >= 11 is 0. The molecule has 1 aromatic carbocycles. The molecule has 0 bridgehead atoms. The molecular weight excluding hydrogens is 272 g/mol. The van der Waals surface area contributed by atoms with Crippen molar-refractivity contribution in [1.29, 1.82) is 0 Å². The molecule has 2 aromatic rings. The van der Waals surface area contributed by atoms with E-state index in [0.29, 0.717) is 0 Å². The summed E-state index contributed by atoms with van der Waals surface area (Å²) < 4.78 is 5.88. The number of aromatic nitrogens is 2. The number of rotatable bonds is 8. The minimum atomic E-state index is 0.143. The number of hydrogen-bond donors (Lipinski definition) is 1. The maximum absolute atomic E-state index is 5.88. The highest BCUT2D eigenvalue weighted by Crippen LogP contribution is 2.33. The Morgan fingerprint density at radius 1 is 1.32 bits per heavy atom. The summed E-state index contributed by atoms with van der Waals surface area (Å²) in [6, 6.07) is 6.22. The monoisotopic (exact) mass is 300 g/mol. The molecule has 1 saturated carbocycles. The van der Waals surface area contributed by atoms with Gasteiger partial charge in [-0.25, -0.2) is 4.98 Å². The van der Waals surface area contributed by atoms with Gasteiger partial charge in [-0.3, -0.25) is 0 Å². The van der Waals surface area contributed by atoms with Crippen molar-refractivity contribution < 1.29 is 4.74 Å². The lowest BCUT2D eigenvalue weighted by atomic mass is 9.81. The lowest BCUT2D eigenvalue weighted by Gasteiger charge is -2.25. The van der Waals surface area contributed by atoms with Gasteiger partial charge in [0.1, 0.15) is 11.6 Å². The van der Waals surface area contributed by atoms with E-state index in [0.717, 1.165) is 41.6 Å². The highest BCUT2D eigenvalue weighted by Gasteiger charge is 2.27. The summed E-state index contributed by atoms with van der Waals surface area (Å²) in [5, 5.41) is 0. The Morgan fingerprint density at radius 2 is 2.14 bits per heavy atom. The molecule has 1 unspecified atom stereocenters. The lowest BCUT2D eigenvalue weighted by molar-refractivity contribution is 0.300. The molecule has 0 spiro atoms. The first-order chi connectivity index (χ1) is 10.6. The SMILES string of the molecule is CCCCC(C)(CC)c1nc2ccc(OCC3CC3)cc2[nH]1. The molecule has 22 heavy (non-hydrogen) atoms. The summed E-state index contributed by atoms with van der Waals surface area (Å²) in [6.07, 6.45) is 7.42. The quantitative estimate of drug-likeness (QED) is 0.726. The molecule has 0 amide bonds. The van der Waals surface area contributed by atoms with E-state index in [1.807, 2.05) is 6.07 Å². The summed E-state index contributed by atoms with van der Waals surface area (Å²) in [7, 11) is 0. The molecule has 0 saturated heterocycles. The van der Waals surface area contributed by atoms with E-state index in [4.69, 9.17) is 9.72 Å². The molecule has 0 aliphatic heterocycles. The van der Waals surface area contributed by atoms with Crippen LogP contribution in [-0.4, -0.2) is 16.6 Å². The van der Waals surface area contributed by atoms with Crippen LogP contribution in [-0.2, 0) is 5.41 Å². The van der Waals surface area contributed by atoms with Crippen LogP contribution in [0.15, 0.2) is 18.2 Å². The number of hydrogen-bond acceptors (Lipinski definition) is 2. The number of unbranched alkanes of at least 4 members (excludes halogenated alkanes) is 1. The smallest absolute Gasteiger partial charge is 0.121 e. The van der Waals surface area contributed by atoms with Crippen molar-refractivity contribution >= 4 is 11.0 Å². The second kappa shape index (κ2) is 6.31. The number of nitrogens with zero attached hydrogens (tertiary/aromatic N) is 1. The van der Waals surface area contributed by atoms with Crippen molar-refractivity contribution in [3.05, 3.63) is 24.0 Å². The maximum atomic E-state index is 5.88. The Labute approximate surface area is 133 Å². The van der Waals surface area contributed by atoms with Crippen molar-refractivity contribution in [3.8, 4) is 5.75 Å². The predicted octanol–water partition coefficient (Wildman–Crippen LogP) is 5.21. The Balaban J connectivity index is 1.81. The van der Waals surface area contributed by atoms with E-state index < -0.39 is 0 Å². The van der Waals surface area contributed by atoms with Crippen molar-refractivity contribution in [2.24, 2.45) is 5.92 Å². The van der Waals surface area contributed by atoms with Gasteiger partial charge >= 0.3 is 0 Å². The fourth-order valence-corrected chi connectivity index (χ4v) is 2.89. The van der Waals surface area contributed by atoms with Crippen LogP contribution in [0.4, 0.5) is 0 Å². The largest absolute Gasteiger partial charge is 0.493 e. The molecule has 1 heterocycles. The van der Waals surface area contributed by atoms with E-state index >= 15 is 0 Å². The number of ether oxygens (including phenoxy) is 1. The molecule has 3 heteroatoms. The number of nitrogens with one attached hydrogen (secondary N) is 1. The zero-order valence-electron chi connectivity index (χ0n) is 14.1. The van der Waals surface area contributed by atoms with Crippen LogP contribution in [0.2, 0.25) is 0 Å². The van der Waals surface area contributed by atoms with Crippen molar-refractivity contribution in [1.82, 2.24) is 9.97 Å². The molecule has 1 aromatic heterocycles. The second-order valence-corrected chi connectivity index (χ2v) is 7.04. The van der Waals surface area contributed by atoms with Gasteiger partial charge in [-0.15, -0.1) is 0 Å². The molecule has 0 radical (unpaired) electrons. The number of aromatic amines is 1. The fourth-order valence-electron chi connectivity index (χ4n) is 2.89. The summed E-state index contributed by atoms with van der Waals surface area (Å²) in [6.45, 7) is 7.69.